The summed E-state index contributed by atoms with van der Waals surface area (Å²) in [6, 6.07) is 4.01. The normalized spacial score (nSPS) is 27.3. The number of aliphatic carboxylic acids is 1. The van der Waals surface area contributed by atoms with Gasteiger partial charge in [-0.15, -0.1) is 34.7 Å². The number of halogens is 1. The van der Waals surface area contributed by atoms with E-state index in [0.717, 1.165) is 16.2 Å². The number of rotatable bonds is 11. The summed E-state index contributed by atoms with van der Waals surface area (Å²) in [7, 11) is 0. The van der Waals surface area contributed by atoms with Crippen molar-refractivity contribution < 1.29 is 25.2 Å². The van der Waals surface area contributed by atoms with Crippen molar-refractivity contribution in [2.75, 3.05) is 5.75 Å². The minimum atomic E-state index is -0.821. The van der Waals surface area contributed by atoms with Gasteiger partial charge in [0.1, 0.15) is 0 Å². The Labute approximate surface area is 179 Å². The zero-order valence-corrected chi connectivity index (χ0v) is 18.3. The molecule has 0 saturated heterocycles. The van der Waals surface area contributed by atoms with Gasteiger partial charge in [-0.2, -0.15) is 0 Å². The number of thiophene rings is 1. The number of thioether (sulfide) groups is 1. The summed E-state index contributed by atoms with van der Waals surface area (Å²) in [6.45, 7) is 1.73. The molecule has 0 amide bonds. The summed E-state index contributed by atoms with van der Waals surface area (Å²) in [4.78, 5) is 12.8. The van der Waals surface area contributed by atoms with Crippen LogP contribution < -0.4 is 0 Å². The predicted molar refractivity (Wildman–Crippen MR) is 115 cm³/mol. The Balaban J connectivity index is 1.98. The molecule has 0 aliphatic heterocycles. The lowest BCUT2D eigenvalue weighted by molar-refractivity contribution is -0.133. The Hall–Kier alpha value is -0.570. The molecule has 1 heterocycles. The molecule has 0 radical (unpaired) electrons. The zero-order valence-electron chi connectivity index (χ0n) is 15.9. The number of hydrogen-bond donors (Lipinski definition) is 4. The van der Waals surface area contributed by atoms with Crippen molar-refractivity contribution in [2.24, 2.45) is 5.92 Å². The number of carbonyl (C=O) groups is 1. The fourth-order valence-electron chi connectivity index (χ4n) is 3.50. The van der Waals surface area contributed by atoms with E-state index in [1.807, 2.05) is 18.2 Å². The average molecular weight is 449 g/mol. The summed E-state index contributed by atoms with van der Waals surface area (Å²) in [6.07, 6.45) is 4.55. The van der Waals surface area contributed by atoms with E-state index in [4.69, 9.17) is 16.7 Å². The third kappa shape index (κ3) is 7.35. The minimum absolute atomic E-state index is 0.0270. The summed E-state index contributed by atoms with van der Waals surface area (Å²) in [5.74, 6) is -0.292. The molecular formula is C20H29ClO5S2. The van der Waals surface area contributed by atoms with E-state index in [-0.39, 0.29) is 29.1 Å². The Bertz CT molecular complexity index is 648. The van der Waals surface area contributed by atoms with Crippen molar-refractivity contribution in [1.29, 1.82) is 0 Å². The standard InChI is InChI=1S/C20H29ClO5S2/c1-12(22)3-2-4-13(23)5-7-15-17(24)9-16(21)20(15)18-8-6-14(28-18)10-27-11-19(25)26/h5-8,12-13,15-17,20,22-24H,2-4,9-11H2,1H3,(H,25,26)/b7-5+/t12-,13+,15+,16-,17-,20-/m1/s1. The lowest BCUT2D eigenvalue weighted by Gasteiger charge is -2.20. The van der Waals surface area contributed by atoms with Gasteiger partial charge in [-0.1, -0.05) is 12.2 Å². The topological polar surface area (TPSA) is 98.0 Å². The number of alkyl halides is 1. The molecule has 0 unspecified atom stereocenters. The van der Waals surface area contributed by atoms with Crippen LogP contribution in [0.5, 0.6) is 0 Å². The first kappa shape index (κ1) is 23.7. The van der Waals surface area contributed by atoms with Crippen LogP contribution in [0.3, 0.4) is 0 Å². The van der Waals surface area contributed by atoms with Crippen LogP contribution in [0.15, 0.2) is 24.3 Å². The van der Waals surface area contributed by atoms with E-state index >= 15 is 0 Å². The van der Waals surface area contributed by atoms with E-state index in [1.165, 1.54) is 11.8 Å². The van der Waals surface area contributed by atoms with Gasteiger partial charge in [-0.05, 0) is 44.7 Å². The third-order valence-corrected chi connectivity index (χ3v) is 7.66. The molecule has 0 spiro atoms. The first-order valence-corrected chi connectivity index (χ1v) is 11.9. The second kappa shape index (κ2) is 11.6. The molecule has 1 aliphatic carbocycles. The molecule has 4 N–H and O–H groups in total. The fourth-order valence-corrected chi connectivity index (χ4v) is 6.15. The number of hydrogen-bond acceptors (Lipinski definition) is 6. The van der Waals surface area contributed by atoms with Crippen LogP contribution in [-0.4, -0.2) is 55.8 Å². The number of aliphatic hydroxyl groups is 3. The highest BCUT2D eigenvalue weighted by atomic mass is 35.5. The van der Waals surface area contributed by atoms with Crippen molar-refractivity contribution in [1.82, 2.24) is 0 Å². The zero-order chi connectivity index (χ0) is 20.7. The average Bonchev–Trinajstić information content (AvgIpc) is 3.16. The molecule has 158 valence electrons. The molecule has 1 saturated carbocycles. The number of aliphatic hydroxyl groups excluding tert-OH is 3. The molecular weight excluding hydrogens is 420 g/mol. The second-order valence-electron chi connectivity index (χ2n) is 7.34. The smallest absolute Gasteiger partial charge is 0.313 e. The molecule has 5 nitrogen and oxygen atoms in total. The third-order valence-electron chi connectivity index (χ3n) is 4.87. The molecule has 1 fully saturated rings. The van der Waals surface area contributed by atoms with Crippen LogP contribution in [-0.2, 0) is 10.5 Å². The summed E-state index contributed by atoms with van der Waals surface area (Å²) in [5, 5.41) is 38.5. The largest absolute Gasteiger partial charge is 0.481 e. The second-order valence-corrected chi connectivity index (χ2v) is 10.1. The van der Waals surface area contributed by atoms with Gasteiger partial charge in [0.25, 0.3) is 0 Å². The molecule has 0 aromatic carbocycles. The van der Waals surface area contributed by atoms with E-state index in [1.54, 1.807) is 24.3 Å². The molecule has 0 bridgehead atoms. The van der Waals surface area contributed by atoms with Crippen molar-refractivity contribution in [3.8, 4) is 0 Å². The SMILES string of the molecule is C[C@@H](O)CCC[C@H](O)/C=C/[C@@H]1[C@@H](c2ccc(CSCC(=O)O)s2)[C@H](Cl)C[C@H]1O. The van der Waals surface area contributed by atoms with Gasteiger partial charge < -0.3 is 20.4 Å². The summed E-state index contributed by atoms with van der Waals surface area (Å²) in [5.41, 5.74) is 0. The first-order chi connectivity index (χ1) is 13.3. The van der Waals surface area contributed by atoms with Gasteiger partial charge in [0.2, 0.25) is 0 Å². The van der Waals surface area contributed by atoms with Crippen molar-refractivity contribution in [3.63, 3.8) is 0 Å². The van der Waals surface area contributed by atoms with Crippen LogP contribution >= 0.6 is 34.7 Å². The molecule has 8 heteroatoms. The van der Waals surface area contributed by atoms with Crippen molar-refractivity contribution in [3.05, 3.63) is 34.0 Å². The summed E-state index contributed by atoms with van der Waals surface area (Å²) < 4.78 is 0. The number of carboxylic acid groups (broad SMARTS) is 1. The highest BCUT2D eigenvalue weighted by Crippen LogP contribution is 2.46. The molecule has 6 atom stereocenters. The highest BCUT2D eigenvalue weighted by Gasteiger charge is 2.41. The van der Waals surface area contributed by atoms with Gasteiger partial charge in [0.05, 0.1) is 24.1 Å². The van der Waals surface area contributed by atoms with Gasteiger partial charge in [-0.3, -0.25) is 4.79 Å². The minimum Gasteiger partial charge on any atom is -0.481 e. The maximum absolute atomic E-state index is 10.6. The fraction of sp³-hybridized carbons (Fsp3) is 0.650. The van der Waals surface area contributed by atoms with E-state index in [0.29, 0.717) is 25.0 Å². The Morgan fingerprint density at radius 3 is 2.82 bits per heavy atom. The van der Waals surface area contributed by atoms with Crippen molar-refractivity contribution in [2.45, 2.75) is 68.0 Å². The predicted octanol–water partition coefficient (Wildman–Crippen LogP) is 3.61. The van der Waals surface area contributed by atoms with E-state index < -0.39 is 18.2 Å². The number of carboxylic acids is 1. The molecule has 1 aromatic heterocycles. The molecule has 1 aromatic rings. The van der Waals surface area contributed by atoms with Crippen LogP contribution in [0.4, 0.5) is 0 Å². The monoisotopic (exact) mass is 448 g/mol. The lowest BCUT2D eigenvalue weighted by Crippen LogP contribution is -2.17. The first-order valence-electron chi connectivity index (χ1n) is 9.52. The molecule has 28 heavy (non-hydrogen) atoms. The Kier molecular flexibility index (Phi) is 9.80. The van der Waals surface area contributed by atoms with Crippen LogP contribution in [0, 0.1) is 5.92 Å². The van der Waals surface area contributed by atoms with Crippen molar-refractivity contribution >= 4 is 40.7 Å². The van der Waals surface area contributed by atoms with Crippen LogP contribution in [0.25, 0.3) is 0 Å². The van der Waals surface area contributed by atoms with E-state index in [9.17, 15) is 20.1 Å². The maximum Gasteiger partial charge on any atom is 0.313 e. The molecule has 2 rings (SSSR count). The van der Waals surface area contributed by atoms with Gasteiger partial charge in [0.15, 0.2) is 0 Å². The van der Waals surface area contributed by atoms with Gasteiger partial charge >= 0.3 is 5.97 Å². The van der Waals surface area contributed by atoms with Gasteiger partial charge in [-0.25, -0.2) is 0 Å². The Morgan fingerprint density at radius 1 is 1.39 bits per heavy atom. The quantitative estimate of drug-likeness (QED) is 0.305. The Morgan fingerprint density at radius 2 is 2.14 bits per heavy atom. The van der Waals surface area contributed by atoms with E-state index in [2.05, 4.69) is 0 Å². The maximum atomic E-state index is 10.6. The van der Waals surface area contributed by atoms with Crippen LogP contribution in [0.2, 0.25) is 0 Å². The highest BCUT2D eigenvalue weighted by molar-refractivity contribution is 7.99. The van der Waals surface area contributed by atoms with Gasteiger partial charge in [0, 0.05) is 32.7 Å². The molecule has 1 aliphatic rings. The lowest BCUT2D eigenvalue weighted by atomic mass is 9.92. The summed E-state index contributed by atoms with van der Waals surface area (Å²) >= 11 is 9.50. The van der Waals surface area contributed by atoms with Crippen LogP contribution in [0.1, 0.15) is 48.3 Å².